The van der Waals surface area contributed by atoms with Crippen LogP contribution in [0.25, 0.3) is 0 Å². The molecule has 0 rings (SSSR count). The highest BCUT2D eigenvalue weighted by Crippen LogP contribution is 2.23. The number of halogens is 2. The average Bonchev–Trinajstić information content (AvgIpc) is 2.19. The van der Waals surface area contributed by atoms with Crippen LogP contribution in [-0.2, 0) is 0 Å². The monoisotopic (exact) mass is 283 g/mol. The first-order valence-corrected chi connectivity index (χ1v) is 11.4. The minimum absolute atomic E-state index is 0.847. The molecule has 98 valence electrons. The Labute approximate surface area is 111 Å². The van der Waals surface area contributed by atoms with Gasteiger partial charge in [-0.05, 0) is 25.6 Å². The van der Waals surface area contributed by atoms with Crippen molar-refractivity contribution < 1.29 is 0 Å². The quantitative estimate of drug-likeness (QED) is 0.322. The maximum atomic E-state index is 6.04. The molecule has 0 spiro atoms. The summed E-state index contributed by atoms with van der Waals surface area (Å²) in [5, 5.41) is 0. The molecule has 0 aromatic carbocycles. The van der Waals surface area contributed by atoms with Crippen molar-refractivity contribution in [2.45, 2.75) is 70.4 Å². The van der Waals surface area contributed by atoms with E-state index in [2.05, 4.69) is 0 Å². The molecule has 0 saturated carbocycles. The Hall–Kier alpha value is 0.757. The highest BCUT2D eigenvalue weighted by Gasteiger charge is 2.19. The summed E-state index contributed by atoms with van der Waals surface area (Å²) in [5.41, 5.74) is 5.44. The van der Waals surface area contributed by atoms with Gasteiger partial charge in [-0.3, -0.25) is 0 Å². The van der Waals surface area contributed by atoms with Gasteiger partial charge in [0.1, 0.15) is 0 Å². The topological polar surface area (TPSA) is 26.0 Å². The average molecular weight is 284 g/mol. The minimum Gasteiger partial charge on any atom is -0.330 e. The molecule has 16 heavy (non-hydrogen) atoms. The fourth-order valence-corrected chi connectivity index (χ4v) is 3.49. The molecule has 0 aliphatic heterocycles. The second kappa shape index (κ2) is 10.9. The Morgan fingerprint density at radius 2 is 1.12 bits per heavy atom. The van der Waals surface area contributed by atoms with E-state index >= 15 is 0 Å². The molecule has 0 atom stereocenters. The Balaban J connectivity index is 2.99. The van der Waals surface area contributed by atoms with E-state index in [0.717, 1.165) is 12.6 Å². The van der Waals surface area contributed by atoms with Crippen LogP contribution in [0.4, 0.5) is 0 Å². The fraction of sp³-hybridized carbons (Fsp3) is 1.00. The number of rotatable bonds is 11. The molecule has 0 aromatic rings. The molecular weight excluding hydrogens is 257 g/mol. The van der Waals surface area contributed by atoms with E-state index in [-0.39, 0.29) is 0 Å². The van der Waals surface area contributed by atoms with Gasteiger partial charge in [-0.15, -0.1) is 22.2 Å². The van der Waals surface area contributed by atoms with Gasteiger partial charge in [0.25, 0.3) is 0 Å². The van der Waals surface area contributed by atoms with Crippen LogP contribution in [0.5, 0.6) is 0 Å². The van der Waals surface area contributed by atoms with Gasteiger partial charge >= 0.3 is 0 Å². The highest BCUT2D eigenvalue weighted by atomic mass is 35.7. The zero-order valence-electron chi connectivity index (χ0n) is 10.6. The van der Waals surface area contributed by atoms with Crippen molar-refractivity contribution in [2.24, 2.45) is 5.73 Å². The van der Waals surface area contributed by atoms with Gasteiger partial charge in [-0.25, -0.2) is 0 Å². The predicted octanol–water partition coefficient (Wildman–Crippen LogP) is 5.01. The molecule has 2 N–H and O–H groups in total. The first-order chi connectivity index (χ1) is 7.56. The summed E-state index contributed by atoms with van der Waals surface area (Å²) in [4.78, 5) is 0. The third kappa shape index (κ3) is 14.8. The molecule has 4 heteroatoms. The van der Waals surface area contributed by atoms with Crippen LogP contribution in [0.3, 0.4) is 0 Å². The van der Waals surface area contributed by atoms with E-state index < -0.39 is 6.69 Å². The summed E-state index contributed by atoms with van der Waals surface area (Å²) in [5.74, 6) is 0. The molecule has 0 saturated heterocycles. The van der Waals surface area contributed by atoms with E-state index in [1.165, 1.54) is 57.8 Å². The number of unbranched alkanes of at least 4 members (excludes halogenated alkanes) is 8. The van der Waals surface area contributed by atoms with Gasteiger partial charge in [0.15, 0.2) is 0 Å². The van der Waals surface area contributed by atoms with E-state index in [1.54, 1.807) is 0 Å². The van der Waals surface area contributed by atoms with E-state index in [1.807, 2.05) is 6.55 Å². The Kier molecular flexibility index (Phi) is 11.4. The van der Waals surface area contributed by atoms with Gasteiger partial charge < -0.3 is 5.73 Å². The number of hydrogen-bond acceptors (Lipinski definition) is 1. The van der Waals surface area contributed by atoms with Crippen molar-refractivity contribution >= 4 is 28.9 Å². The molecular formula is C12H27Cl2NSi. The number of hydrogen-bond donors (Lipinski definition) is 1. The molecule has 0 aromatic heterocycles. The Bertz CT molecular complexity index is 148. The first kappa shape index (κ1) is 16.8. The summed E-state index contributed by atoms with van der Waals surface area (Å²) < 4.78 is 0. The van der Waals surface area contributed by atoms with Gasteiger partial charge in [0.2, 0.25) is 6.69 Å². The molecule has 0 aliphatic rings. The molecule has 1 nitrogen and oxygen atoms in total. The van der Waals surface area contributed by atoms with Crippen molar-refractivity contribution in [3.63, 3.8) is 0 Å². The number of nitrogens with two attached hydrogens (primary N) is 1. The summed E-state index contributed by atoms with van der Waals surface area (Å²) in [7, 11) is 0. The first-order valence-electron chi connectivity index (χ1n) is 6.64. The van der Waals surface area contributed by atoms with E-state index in [0.29, 0.717) is 0 Å². The van der Waals surface area contributed by atoms with Crippen LogP contribution in [-0.4, -0.2) is 13.2 Å². The molecule has 0 amide bonds. The van der Waals surface area contributed by atoms with Crippen LogP contribution >= 0.6 is 22.2 Å². The predicted molar refractivity (Wildman–Crippen MR) is 78.7 cm³/mol. The van der Waals surface area contributed by atoms with Crippen molar-refractivity contribution in [1.29, 1.82) is 0 Å². The van der Waals surface area contributed by atoms with Gasteiger partial charge in [0, 0.05) is 0 Å². The van der Waals surface area contributed by atoms with Crippen molar-refractivity contribution in [3.8, 4) is 0 Å². The fourth-order valence-electron chi connectivity index (χ4n) is 1.82. The third-order valence-electron chi connectivity index (χ3n) is 2.82. The summed E-state index contributed by atoms with van der Waals surface area (Å²) in [6.45, 7) is 1.04. The zero-order valence-corrected chi connectivity index (χ0v) is 13.1. The van der Waals surface area contributed by atoms with E-state index in [4.69, 9.17) is 27.9 Å². The SMILES string of the molecule is C[Si](Cl)(Cl)CCCCCCCCCCCN. The van der Waals surface area contributed by atoms with E-state index in [9.17, 15) is 0 Å². The molecule has 0 radical (unpaired) electrons. The summed E-state index contributed by atoms with van der Waals surface area (Å²) in [6, 6.07) is 1.05. The van der Waals surface area contributed by atoms with Crippen molar-refractivity contribution in [3.05, 3.63) is 0 Å². The van der Waals surface area contributed by atoms with Crippen LogP contribution in [0.15, 0.2) is 0 Å². The summed E-state index contributed by atoms with van der Waals surface area (Å²) in [6.07, 6.45) is 11.8. The molecule has 0 heterocycles. The van der Waals surface area contributed by atoms with Crippen molar-refractivity contribution in [2.75, 3.05) is 6.54 Å². The van der Waals surface area contributed by atoms with Gasteiger partial charge in [-0.1, -0.05) is 51.4 Å². The lowest BCUT2D eigenvalue weighted by Gasteiger charge is -2.09. The van der Waals surface area contributed by atoms with Crippen molar-refractivity contribution in [1.82, 2.24) is 0 Å². The largest absolute Gasteiger partial charge is 0.330 e. The normalized spacial score (nSPS) is 12.0. The standard InChI is InChI=1S/C12H27Cl2NSi/c1-16(13,14)12-10-8-6-4-2-3-5-7-9-11-15/h2-12,15H2,1H3. The molecule has 0 bridgehead atoms. The third-order valence-corrected chi connectivity index (χ3v) is 5.19. The van der Waals surface area contributed by atoms with Crippen LogP contribution in [0.2, 0.25) is 12.6 Å². The van der Waals surface area contributed by atoms with Crippen LogP contribution in [0, 0.1) is 0 Å². The highest BCUT2D eigenvalue weighted by molar-refractivity contribution is 7.44. The van der Waals surface area contributed by atoms with Gasteiger partial charge in [0.05, 0.1) is 0 Å². The Morgan fingerprint density at radius 3 is 1.50 bits per heavy atom. The lowest BCUT2D eigenvalue weighted by atomic mass is 10.1. The van der Waals surface area contributed by atoms with Gasteiger partial charge in [-0.2, -0.15) is 0 Å². The Morgan fingerprint density at radius 1 is 0.750 bits per heavy atom. The second-order valence-electron chi connectivity index (χ2n) is 4.79. The minimum atomic E-state index is -1.81. The smallest absolute Gasteiger partial charge is 0.248 e. The molecule has 0 unspecified atom stereocenters. The summed E-state index contributed by atoms with van der Waals surface area (Å²) >= 11 is 12.1. The van der Waals surface area contributed by atoms with Crippen LogP contribution in [0.1, 0.15) is 57.8 Å². The molecule has 0 fully saturated rings. The second-order valence-corrected chi connectivity index (χ2v) is 13.0. The molecule has 0 aliphatic carbocycles. The zero-order chi connectivity index (χ0) is 12.3. The maximum Gasteiger partial charge on any atom is 0.248 e. The lowest BCUT2D eigenvalue weighted by Crippen LogP contribution is -2.11. The van der Waals surface area contributed by atoms with Crippen LogP contribution < -0.4 is 5.73 Å². The maximum absolute atomic E-state index is 6.04. The lowest BCUT2D eigenvalue weighted by molar-refractivity contribution is 0.566.